The third-order valence-electron chi connectivity index (χ3n) is 5.41. The summed E-state index contributed by atoms with van der Waals surface area (Å²) < 4.78 is 4.83. The third kappa shape index (κ3) is 2.77. The summed E-state index contributed by atoms with van der Waals surface area (Å²) in [6.07, 6.45) is 0.915. The molecule has 0 amide bonds. The van der Waals surface area contributed by atoms with Crippen LogP contribution in [0.25, 0.3) is 11.2 Å². The van der Waals surface area contributed by atoms with Crippen LogP contribution >= 0.6 is 0 Å². The van der Waals surface area contributed by atoms with Crippen molar-refractivity contribution in [2.24, 2.45) is 13.0 Å². The molecule has 0 unspecified atom stereocenters. The number of rotatable bonds is 3. The van der Waals surface area contributed by atoms with Crippen molar-refractivity contribution in [1.29, 1.82) is 0 Å². The largest absolute Gasteiger partial charge is 0.332 e. The van der Waals surface area contributed by atoms with Crippen LogP contribution in [0, 0.1) is 19.8 Å². The molecule has 0 atom stereocenters. The zero-order chi connectivity index (χ0) is 20.2. The molecule has 0 bridgehead atoms. The Balaban J connectivity index is 1.98. The van der Waals surface area contributed by atoms with E-state index in [-0.39, 0.29) is 17.2 Å². The van der Waals surface area contributed by atoms with Crippen LogP contribution in [-0.4, -0.2) is 25.2 Å². The Hall–Kier alpha value is -2.83. The van der Waals surface area contributed by atoms with Gasteiger partial charge in [-0.15, -0.1) is 0 Å². The lowest BCUT2D eigenvalue weighted by Gasteiger charge is -2.30. The number of benzene rings is 1. The molecule has 0 aliphatic carbocycles. The monoisotopic (exact) mass is 381 g/mol. The van der Waals surface area contributed by atoms with Gasteiger partial charge in [0.05, 0.1) is 0 Å². The fourth-order valence-electron chi connectivity index (χ4n) is 4.13. The van der Waals surface area contributed by atoms with Gasteiger partial charge in [0.2, 0.25) is 5.95 Å². The number of nitrogens with zero attached hydrogens (tertiary/aromatic N) is 5. The van der Waals surface area contributed by atoms with Crippen molar-refractivity contribution >= 4 is 22.8 Å². The average Bonchev–Trinajstić information content (AvgIpc) is 3.03. The van der Waals surface area contributed by atoms with E-state index in [9.17, 15) is 9.59 Å². The maximum absolute atomic E-state index is 13.2. The first kappa shape index (κ1) is 18.5. The molecule has 0 fully saturated rings. The molecule has 7 heteroatoms. The van der Waals surface area contributed by atoms with Gasteiger partial charge in [0, 0.05) is 32.4 Å². The Morgan fingerprint density at radius 1 is 1.14 bits per heavy atom. The van der Waals surface area contributed by atoms with Crippen LogP contribution < -0.4 is 16.1 Å². The van der Waals surface area contributed by atoms with Gasteiger partial charge in [-0.05, 0) is 37.8 Å². The first-order valence-corrected chi connectivity index (χ1v) is 9.84. The summed E-state index contributed by atoms with van der Waals surface area (Å²) in [5.41, 5.74) is 3.91. The van der Waals surface area contributed by atoms with E-state index in [0.717, 1.165) is 31.1 Å². The molecule has 1 aliphatic heterocycles. The summed E-state index contributed by atoms with van der Waals surface area (Å²) >= 11 is 0. The van der Waals surface area contributed by atoms with E-state index in [1.54, 1.807) is 7.05 Å². The number of aryl methyl sites for hydroxylation is 4. The highest BCUT2D eigenvalue weighted by molar-refractivity contribution is 5.77. The Morgan fingerprint density at radius 3 is 2.57 bits per heavy atom. The third-order valence-corrected chi connectivity index (χ3v) is 5.41. The molecular formula is C21H27N5O2. The van der Waals surface area contributed by atoms with E-state index in [1.807, 2.05) is 18.4 Å². The Morgan fingerprint density at radius 2 is 1.89 bits per heavy atom. The SMILES string of the molecule is Cc1ccc(N2CCCn3c2nc2c3c(=O)n(CC(C)C)c(=O)n2C)c(C)c1. The molecular weight excluding hydrogens is 354 g/mol. The summed E-state index contributed by atoms with van der Waals surface area (Å²) in [6, 6.07) is 6.35. The fourth-order valence-corrected chi connectivity index (χ4v) is 4.13. The summed E-state index contributed by atoms with van der Waals surface area (Å²) in [5, 5.41) is 0. The minimum absolute atomic E-state index is 0.207. The van der Waals surface area contributed by atoms with E-state index in [1.165, 1.54) is 20.3 Å². The quantitative estimate of drug-likeness (QED) is 0.700. The fraction of sp³-hybridized carbons (Fsp3) is 0.476. The summed E-state index contributed by atoms with van der Waals surface area (Å²) in [4.78, 5) is 32.9. The second-order valence-electron chi connectivity index (χ2n) is 8.18. The van der Waals surface area contributed by atoms with Crippen molar-refractivity contribution in [3.8, 4) is 0 Å². The molecule has 3 aromatic rings. The van der Waals surface area contributed by atoms with Gasteiger partial charge in [0.15, 0.2) is 11.2 Å². The minimum atomic E-state index is -0.306. The van der Waals surface area contributed by atoms with Crippen molar-refractivity contribution in [1.82, 2.24) is 18.7 Å². The molecule has 2 aromatic heterocycles. The predicted octanol–water partition coefficient (Wildman–Crippen LogP) is 2.71. The van der Waals surface area contributed by atoms with E-state index < -0.39 is 0 Å². The molecule has 0 radical (unpaired) electrons. The number of imidazole rings is 1. The highest BCUT2D eigenvalue weighted by Crippen LogP contribution is 2.33. The maximum Gasteiger partial charge on any atom is 0.332 e. The van der Waals surface area contributed by atoms with E-state index >= 15 is 0 Å². The molecule has 7 nitrogen and oxygen atoms in total. The molecule has 1 aromatic carbocycles. The smallest absolute Gasteiger partial charge is 0.312 e. The van der Waals surface area contributed by atoms with Crippen molar-refractivity contribution < 1.29 is 0 Å². The second kappa shape index (κ2) is 6.65. The summed E-state index contributed by atoms with van der Waals surface area (Å²) in [5.74, 6) is 0.945. The van der Waals surface area contributed by atoms with Crippen LogP contribution in [0.3, 0.4) is 0 Å². The van der Waals surface area contributed by atoms with Crippen molar-refractivity contribution in [2.75, 3.05) is 11.4 Å². The zero-order valence-electron chi connectivity index (χ0n) is 17.2. The Bertz CT molecular complexity index is 1180. The highest BCUT2D eigenvalue weighted by Gasteiger charge is 2.27. The maximum atomic E-state index is 13.2. The number of anilines is 2. The minimum Gasteiger partial charge on any atom is -0.312 e. The van der Waals surface area contributed by atoms with Crippen LogP contribution in [0.5, 0.6) is 0 Å². The van der Waals surface area contributed by atoms with Crippen LogP contribution in [0.2, 0.25) is 0 Å². The number of aromatic nitrogens is 4. The molecule has 1 aliphatic rings. The lowest BCUT2D eigenvalue weighted by atomic mass is 10.1. The average molecular weight is 381 g/mol. The van der Waals surface area contributed by atoms with Crippen LogP contribution in [-0.2, 0) is 20.1 Å². The van der Waals surface area contributed by atoms with E-state index in [0.29, 0.717) is 17.7 Å². The normalized spacial score (nSPS) is 14.1. The number of hydrogen-bond donors (Lipinski definition) is 0. The number of fused-ring (bicyclic) bond motifs is 3. The predicted molar refractivity (Wildman–Crippen MR) is 112 cm³/mol. The standard InChI is InChI=1S/C21H27N5O2/c1-13(2)12-26-19(27)17-18(23(5)21(26)28)22-20-24(9-6-10-25(17)20)16-8-7-14(3)11-15(16)4/h7-8,11,13H,6,9-10,12H2,1-5H3. The van der Waals surface area contributed by atoms with Crippen LogP contribution in [0.1, 0.15) is 31.4 Å². The molecule has 0 saturated heterocycles. The van der Waals surface area contributed by atoms with Gasteiger partial charge in [-0.2, -0.15) is 4.98 Å². The number of hydrogen-bond acceptors (Lipinski definition) is 4. The van der Waals surface area contributed by atoms with Gasteiger partial charge in [-0.3, -0.25) is 13.9 Å². The summed E-state index contributed by atoms with van der Waals surface area (Å²) in [6.45, 7) is 10.1. The van der Waals surface area contributed by atoms with Crippen molar-refractivity contribution in [3.05, 3.63) is 50.2 Å². The van der Waals surface area contributed by atoms with Gasteiger partial charge in [-0.1, -0.05) is 31.5 Å². The first-order valence-electron chi connectivity index (χ1n) is 9.84. The van der Waals surface area contributed by atoms with E-state index in [2.05, 4.69) is 36.9 Å². The van der Waals surface area contributed by atoms with Gasteiger partial charge in [0.1, 0.15) is 0 Å². The first-order chi connectivity index (χ1) is 13.3. The second-order valence-corrected chi connectivity index (χ2v) is 8.18. The Kier molecular flexibility index (Phi) is 4.40. The van der Waals surface area contributed by atoms with Gasteiger partial charge >= 0.3 is 5.69 Å². The topological polar surface area (TPSA) is 65.1 Å². The molecule has 148 valence electrons. The highest BCUT2D eigenvalue weighted by atomic mass is 16.2. The Labute approximate surface area is 163 Å². The lowest BCUT2D eigenvalue weighted by molar-refractivity contribution is 0.483. The van der Waals surface area contributed by atoms with Crippen LogP contribution in [0.4, 0.5) is 11.6 Å². The molecule has 0 saturated carbocycles. The summed E-state index contributed by atoms with van der Waals surface area (Å²) in [7, 11) is 1.70. The molecule has 28 heavy (non-hydrogen) atoms. The molecule has 4 rings (SSSR count). The van der Waals surface area contributed by atoms with E-state index in [4.69, 9.17) is 4.98 Å². The molecule has 0 spiro atoms. The zero-order valence-corrected chi connectivity index (χ0v) is 17.2. The van der Waals surface area contributed by atoms with Crippen molar-refractivity contribution in [3.63, 3.8) is 0 Å². The van der Waals surface area contributed by atoms with Gasteiger partial charge < -0.3 is 9.47 Å². The molecule has 0 N–H and O–H groups in total. The van der Waals surface area contributed by atoms with Gasteiger partial charge in [0.25, 0.3) is 5.56 Å². The van der Waals surface area contributed by atoms with Crippen molar-refractivity contribution in [2.45, 2.75) is 47.2 Å². The van der Waals surface area contributed by atoms with Crippen LogP contribution in [0.15, 0.2) is 27.8 Å². The van der Waals surface area contributed by atoms with Gasteiger partial charge in [-0.25, -0.2) is 4.79 Å². The molecule has 3 heterocycles. The lowest BCUT2D eigenvalue weighted by Crippen LogP contribution is -2.41.